The Labute approximate surface area is 136 Å². The summed E-state index contributed by atoms with van der Waals surface area (Å²) in [5.41, 5.74) is 2.38. The van der Waals surface area contributed by atoms with Crippen LogP contribution in [0.15, 0.2) is 48.5 Å². The van der Waals surface area contributed by atoms with Crippen molar-refractivity contribution >= 4 is 28.9 Å². The number of benzene rings is 2. The first-order valence-electron chi connectivity index (χ1n) is 7.49. The molecular weight excluding hydrogens is 296 g/mol. The van der Waals surface area contributed by atoms with E-state index in [1.807, 2.05) is 24.3 Å². The summed E-state index contributed by atoms with van der Waals surface area (Å²) >= 11 is 6.03. The van der Waals surface area contributed by atoms with Crippen molar-refractivity contribution in [2.24, 2.45) is 0 Å². The van der Waals surface area contributed by atoms with Gasteiger partial charge in [0.05, 0.1) is 10.6 Å². The summed E-state index contributed by atoms with van der Waals surface area (Å²) in [6.45, 7) is 3.21. The number of amides is 1. The monoisotopic (exact) mass is 316 g/mol. The van der Waals surface area contributed by atoms with Crippen molar-refractivity contribution in [3.8, 4) is 0 Å². The minimum Gasteiger partial charge on any atom is -0.375 e. The number of halogens is 1. The largest absolute Gasteiger partial charge is 0.375 e. The van der Waals surface area contributed by atoms with Gasteiger partial charge in [-0.15, -0.1) is 0 Å². The Hall–Kier alpha value is -2.00. The molecule has 0 spiro atoms. The van der Waals surface area contributed by atoms with Gasteiger partial charge in [-0.05, 0) is 42.8 Å². The van der Waals surface area contributed by atoms with Gasteiger partial charge in [0.25, 0.3) is 5.91 Å². The second-order valence-corrected chi connectivity index (χ2v) is 5.66. The van der Waals surface area contributed by atoms with E-state index in [0.717, 1.165) is 17.9 Å². The number of nitrogens with one attached hydrogen (secondary N) is 1. The Morgan fingerprint density at radius 2 is 1.82 bits per heavy atom. The molecule has 0 aliphatic rings. The second kappa shape index (κ2) is 7.85. The van der Waals surface area contributed by atoms with Crippen LogP contribution in [0.1, 0.15) is 30.1 Å². The summed E-state index contributed by atoms with van der Waals surface area (Å²) in [6.07, 6.45) is 2.35. The minimum atomic E-state index is -0.197. The van der Waals surface area contributed by atoms with Gasteiger partial charge in [-0.25, -0.2) is 0 Å². The number of nitrogens with zero attached hydrogens (tertiary/aromatic N) is 1. The molecule has 116 valence electrons. The zero-order valence-electron chi connectivity index (χ0n) is 13.0. The molecule has 0 atom stereocenters. The van der Waals surface area contributed by atoms with E-state index in [0.29, 0.717) is 10.6 Å². The van der Waals surface area contributed by atoms with Gasteiger partial charge in [-0.3, -0.25) is 4.79 Å². The van der Waals surface area contributed by atoms with Gasteiger partial charge in [0.1, 0.15) is 0 Å². The summed E-state index contributed by atoms with van der Waals surface area (Å²) in [6, 6.07) is 14.9. The van der Waals surface area contributed by atoms with Crippen LogP contribution >= 0.6 is 11.6 Å². The number of rotatable bonds is 6. The van der Waals surface area contributed by atoms with Crippen molar-refractivity contribution in [1.29, 1.82) is 0 Å². The van der Waals surface area contributed by atoms with E-state index >= 15 is 0 Å². The van der Waals surface area contributed by atoms with Gasteiger partial charge >= 0.3 is 0 Å². The van der Waals surface area contributed by atoms with E-state index < -0.39 is 0 Å². The number of unbranched alkanes of at least 4 members (excludes halogenated alkanes) is 1. The Morgan fingerprint density at radius 3 is 2.45 bits per heavy atom. The second-order valence-electron chi connectivity index (χ2n) is 5.26. The predicted molar refractivity (Wildman–Crippen MR) is 94.0 cm³/mol. The van der Waals surface area contributed by atoms with Crippen LogP contribution in [0, 0.1) is 0 Å². The molecule has 0 radical (unpaired) electrons. The van der Waals surface area contributed by atoms with Crippen LogP contribution in [-0.2, 0) is 0 Å². The Morgan fingerprint density at radius 1 is 1.14 bits per heavy atom. The van der Waals surface area contributed by atoms with E-state index in [-0.39, 0.29) is 5.91 Å². The van der Waals surface area contributed by atoms with Crippen LogP contribution in [-0.4, -0.2) is 19.5 Å². The maximum absolute atomic E-state index is 12.2. The average Bonchev–Trinajstić information content (AvgIpc) is 2.53. The number of anilines is 2. The molecule has 1 N–H and O–H groups in total. The summed E-state index contributed by atoms with van der Waals surface area (Å²) in [4.78, 5) is 14.4. The van der Waals surface area contributed by atoms with Crippen molar-refractivity contribution in [2.45, 2.75) is 19.8 Å². The van der Waals surface area contributed by atoms with Crippen molar-refractivity contribution in [3.63, 3.8) is 0 Å². The third-order valence-electron chi connectivity index (χ3n) is 3.53. The first-order chi connectivity index (χ1) is 10.6. The molecule has 0 bridgehead atoms. The fraction of sp³-hybridized carbons (Fsp3) is 0.278. The van der Waals surface area contributed by atoms with Crippen molar-refractivity contribution < 1.29 is 4.79 Å². The zero-order chi connectivity index (χ0) is 15.9. The average molecular weight is 317 g/mol. The van der Waals surface area contributed by atoms with Gasteiger partial charge in [-0.2, -0.15) is 0 Å². The molecule has 0 fully saturated rings. The lowest BCUT2D eigenvalue weighted by molar-refractivity contribution is 0.102. The van der Waals surface area contributed by atoms with Crippen LogP contribution < -0.4 is 10.2 Å². The van der Waals surface area contributed by atoms with Gasteiger partial charge in [0.2, 0.25) is 0 Å². The lowest BCUT2D eigenvalue weighted by atomic mass is 10.2. The topological polar surface area (TPSA) is 32.3 Å². The normalized spacial score (nSPS) is 10.3. The maximum atomic E-state index is 12.2. The highest BCUT2D eigenvalue weighted by molar-refractivity contribution is 6.34. The minimum absolute atomic E-state index is 0.197. The number of hydrogen-bond donors (Lipinski definition) is 1. The van der Waals surface area contributed by atoms with E-state index in [4.69, 9.17) is 11.6 Å². The van der Waals surface area contributed by atoms with E-state index in [2.05, 4.69) is 24.2 Å². The number of carbonyl (C=O) groups is 1. The summed E-state index contributed by atoms with van der Waals surface area (Å²) in [5, 5.41) is 3.32. The molecule has 4 heteroatoms. The van der Waals surface area contributed by atoms with Crippen molar-refractivity contribution in [3.05, 3.63) is 59.1 Å². The highest BCUT2D eigenvalue weighted by atomic mass is 35.5. The van der Waals surface area contributed by atoms with E-state index in [9.17, 15) is 4.79 Å². The van der Waals surface area contributed by atoms with Gasteiger partial charge < -0.3 is 10.2 Å². The lowest BCUT2D eigenvalue weighted by Gasteiger charge is -2.19. The van der Waals surface area contributed by atoms with E-state index in [1.54, 1.807) is 24.3 Å². The third kappa shape index (κ3) is 4.25. The standard InChI is InChI=1S/C18H21ClN2O/c1-3-4-13-21(2)15-11-9-14(10-12-15)20-18(22)16-7-5-6-8-17(16)19/h5-12H,3-4,13H2,1-2H3,(H,20,22). The van der Waals surface area contributed by atoms with Crippen molar-refractivity contribution in [1.82, 2.24) is 0 Å². The van der Waals surface area contributed by atoms with Crippen LogP contribution in [0.4, 0.5) is 11.4 Å². The van der Waals surface area contributed by atoms with E-state index in [1.165, 1.54) is 12.8 Å². The Kier molecular flexibility index (Phi) is 5.84. The summed E-state index contributed by atoms with van der Waals surface area (Å²) < 4.78 is 0. The fourth-order valence-corrected chi connectivity index (χ4v) is 2.39. The highest BCUT2D eigenvalue weighted by Gasteiger charge is 2.09. The molecule has 0 unspecified atom stereocenters. The quantitative estimate of drug-likeness (QED) is 0.828. The summed E-state index contributed by atoms with van der Waals surface area (Å²) in [5.74, 6) is -0.197. The molecule has 2 rings (SSSR count). The van der Waals surface area contributed by atoms with Gasteiger partial charge in [0.15, 0.2) is 0 Å². The SMILES string of the molecule is CCCCN(C)c1ccc(NC(=O)c2ccccc2Cl)cc1. The maximum Gasteiger partial charge on any atom is 0.257 e. The molecule has 1 amide bonds. The van der Waals surface area contributed by atoms with Crippen LogP contribution in [0.2, 0.25) is 5.02 Å². The molecule has 0 aromatic heterocycles. The summed E-state index contributed by atoms with van der Waals surface area (Å²) in [7, 11) is 2.08. The molecule has 0 saturated heterocycles. The molecule has 0 aliphatic heterocycles. The van der Waals surface area contributed by atoms with Gasteiger partial charge in [0, 0.05) is 25.0 Å². The van der Waals surface area contributed by atoms with Gasteiger partial charge in [-0.1, -0.05) is 37.1 Å². The molecule has 0 saturated carbocycles. The molecule has 2 aromatic carbocycles. The third-order valence-corrected chi connectivity index (χ3v) is 3.86. The molecule has 0 aliphatic carbocycles. The number of hydrogen-bond acceptors (Lipinski definition) is 2. The molecule has 22 heavy (non-hydrogen) atoms. The molecule has 3 nitrogen and oxygen atoms in total. The molecule has 2 aromatic rings. The fourth-order valence-electron chi connectivity index (χ4n) is 2.17. The first kappa shape index (κ1) is 16.4. The van der Waals surface area contributed by atoms with Crippen molar-refractivity contribution in [2.75, 3.05) is 23.8 Å². The Bertz CT molecular complexity index is 625. The number of carbonyl (C=O) groups excluding carboxylic acids is 1. The van der Waals surface area contributed by atoms with Crippen LogP contribution in [0.25, 0.3) is 0 Å². The Balaban J connectivity index is 2.02. The zero-order valence-corrected chi connectivity index (χ0v) is 13.7. The van der Waals surface area contributed by atoms with Crippen LogP contribution in [0.3, 0.4) is 0 Å². The predicted octanol–water partition coefficient (Wildman–Crippen LogP) is 4.83. The lowest BCUT2D eigenvalue weighted by Crippen LogP contribution is -2.18. The molecule has 0 heterocycles. The smallest absolute Gasteiger partial charge is 0.257 e. The first-order valence-corrected chi connectivity index (χ1v) is 7.86. The van der Waals surface area contributed by atoms with Crippen LogP contribution in [0.5, 0.6) is 0 Å². The highest BCUT2D eigenvalue weighted by Crippen LogP contribution is 2.20. The molecular formula is C18H21ClN2O.